The molecule has 2 aromatic rings. The third-order valence-corrected chi connectivity index (χ3v) is 9.11. The molecule has 9 heteroatoms. The summed E-state index contributed by atoms with van der Waals surface area (Å²) >= 11 is 0. The number of carbonyl (C=O) groups is 2. The molecule has 0 spiro atoms. The van der Waals surface area contributed by atoms with Gasteiger partial charge in [0.05, 0.1) is 12.5 Å². The van der Waals surface area contributed by atoms with Crippen LogP contribution in [-0.4, -0.2) is 33.4 Å². The van der Waals surface area contributed by atoms with Gasteiger partial charge in [-0.25, -0.2) is 12.8 Å². The number of rotatable bonds is 6. The van der Waals surface area contributed by atoms with Crippen LogP contribution in [0.3, 0.4) is 0 Å². The zero-order chi connectivity index (χ0) is 24.1. The molecule has 180 valence electrons. The average molecular weight is 487 g/mol. The molecule has 2 aromatic carbocycles. The lowest BCUT2D eigenvalue weighted by Crippen LogP contribution is -2.61. The minimum absolute atomic E-state index is 0.0272. The second-order valence-electron chi connectivity index (χ2n) is 9.86. The lowest BCUT2D eigenvalue weighted by Gasteiger charge is -2.58. The van der Waals surface area contributed by atoms with Crippen molar-refractivity contribution in [1.29, 1.82) is 0 Å². The molecule has 1 amide bonds. The summed E-state index contributed by atoms with van der Waals surface area (Å²) in [5.74, 6) is -0.353. The van der Waals surface area contributed by atoms with Crippen molar-refractivity contribution < 1.29 is 27.1 Å². The number of ether oxygens (including phenoxy) is 1. The lowest BCUT2D eigenvalue weighted by atomic mass is 9.48. The van der Waals surface area contributed by atoms with Gasteiger partial charge in [0, 0.05) is 17.3 Å². The number of carbonyl (C=O) groups excluding carboxylic acids is 2. The van der Waals surface area contributed by atoms with Crippen molar-refractivity contribution in [2.24, 2.45) is 23.2 Å². The highest BCUT2D eigenvalue weighted by Crippen LogP contribution is 2.60. The van der Waals surface area contributed by atoms with Gasteiger partial charge in [0.25, 0.3) is 15.9 Å². The molecule has 4 fully saturated rings. The van der Waals surface area contributed by atoms with Gasteiger partial charge in [-0.3, -0.25) is 14.3 Å². The molecule has 6 rings (SSSR count). The lowest BCUT2D eigenvalue weighted by molar-refractivity contribution is -0.170. The van der Waals surface area contributed by atoms with Crippen molar-refractivity contribution in [1.82, 2.24) is 5.32 Å². The largest absolute Gasteiger partial charge is 0.469 e. The summed E-state index contributed by atoms with van der Waals surface area (Å²) in [5.41, 5.74) is 0.0630. The predicted octanol–water partition coefficient (Wildman–Crippen LogP) is 3.72. The van der Waals surface area contributed by atoms with Crippen molar-refractivity contribution in [3.05, 3.63) is 59.9 Å². The molecule has 0 aliphatic heterocycles. The highest BCUT2D eigenvalue weighted by atomic mass is 32.2. The number of nitrogens with one attached hydrogen (secondary N) is 2. The molecule has 4 saturated carbocycles. The summed E-state index contributed by atoms with van der Waals surface area (Å²) in [6.45, 7) is 0. The molecule has 4 aliphatic rings. The van der Waals surface area contributed by atoms with Crippen molar-refractivity contribution in [3.63, 3.8) is 0 Å². The molecule has 4 bridgehead atoms. The minimum Gasteiger partial charge on any atom is -0.469 e. The van der Waals surface area contributed by atoms with E-state index in [0.717, 1.165) is 38.2 Å². The van der Waals surface area contributed by atoms with E-state index in [1.807, 2.05) is 0 Å². The maximum absolute atomic E-state index is 14.0. The number of halogens is 1. The van der Waals surface area contributed by atoms with E-state index in [4.69, 9.17) is 4.74 Å². The molecule has 0 saturated heterocycles. The Morgan fingerprint density at radius 1 is 1.03 bits per heavy atom. The van der Waals surface area contributed by atoms with E-state index < -0.39 is 26.2 Å². The molecule has 2 unspecified atom stereocenters. The number of benzene rings is 2. The van der Waals surface area contributed by atoms with Crippen LogP contribution in [0.15, 0.2) is 53.4 Å². The third-order valence-electron chi connectivity index (χ3n) is 7.69. The Morgan fingerprint density at radius 3 is 2.41 bits per heavy atom. The molecule has 2 N–H and O–H groups in total. The number of sulfonamides is 1. The van der Waals surface area contributed by atoms with Crippen LogP contribution >= 0.6 is 0 Å². The standard InChI is InChI=1S/C25H27FN2O5S/c1-33-24(30)25-12-15-9-17(13-25)22(18(10-15)14-25)27-23(29)16-5-4-6-19(11-16)28-34(31,32)21-8-3-2-7-20(21)26/h2-8,11,15,17-18,22,28H,9-10,12-14H2,1H3,(H,27,29). The SMILES string of the molecule is COC(=O)C12CC3CC(C1)C(NC(=O)c1cccc(NS(=O)(=O)c4ccccc4F)c1)C(C3)C2. The van der Waals surface area contributed by atoms with Crippen LogP contribution in [0, 0.1) is 29.0 Å². The summed E-state index contributed by atoms with van der Waals surface area (Å²) < 4.78 is 46.7. The third kappa shape index (κ3) is 3.96. The molecule has 0 aromatic heterocycles. The molecule has 7 nitrogen and oxygen atoms in total. The van der Waals surface area contributed by atoms with E-state index >= 15 is 0 Å². The Bertz CT molecular complexity index is 1230. The molecule has 34 heavy (non-hydrogen) atoms. The first kappa shape index (κ1) is 22.8. The van der Waals surface area contributed by atoms with Gasteiger partial charge in [-0.1, -0.05) is 18.2 Å². The second kappa shape index (κ2) is 8.37. The summed E-state index contributed by atoms with van der Waals surface area (Å²) in [6, 6.07) is 11.2. The van der Waals surface area contributed by atoms with Crippen LogP contribution in [0.5, 0.6) is 0 Å². The fourth-order valence-corrected chi connectivity index (χ4v) is 7.69. The number of hydrogen-bond donors (Lipinski definition) is 2. The van der Waals surface area contributed by atoms with Gasteiger partial charge in [0.2, 0.25) is 0 Å². The highest BCUT2D eigenvalue weighted by molar-refractivity contribution is 7.92. The number of anilines is 1. The van der Waals surface area contributed by atoms with Gasteiger partial charge >= 0.3 is 5.97 Å². The topological polar surface area (TPSA) is 102 Å². The van der Waals surface area contributed by atoms with E-state index in [1.165, 1.54) is 37.4 Å². The van der Waals surface area contributed by atoms with Crippen LogP contribution in [0.1, 0.15) is 42.5 Å². The zero-order valence-electron chi connectivity index (χ0n) is 18.8. The van der Waals surface area contributed by atoms with Gasteiger partial charge in [0.1, 0.15) is 10.7 Å². The van der Waals surface area contributed by atoms with Crippen molar-refractivity contribution in [3.8, 4) is 0 Å². The van der Waals surface area contributed by atoms with E-state index in [2.05, 4.69) is 10.0 Å². The van der Waals surface area contributed by atoms with Crippen molar-refractivity contribution in [2.75, 3.05) is 11.8 Å². The molecule has 0 radical (unpaired) electrons. The number of amides is 1. The average Bonchev–Trinajstić information content (AvgIpc) is 2.80. The summed E-state index contributed by atoms with van der Waals surface area (Å²) in [5, 5.41) is 3.16. The molecular weight excluding hydrogens is 459 g/mol. The first-order valence-electron chi connectivity index (χ1n) is 11.5. The first-order valence-corrected chi connectivity index (χ1v) is 13.0. The Labute approximate surface area is 198 Å². The molecular formula is C25H27FN2O5S. The van der Waals surface area contributed by atoms with E-state index in [9.17, 15) is 22.4 Å². The van der Waals surface area contributed by atoms with Gasteiger partial charge in [-0.05, 0) is 80.2 Å². The smallest absolute Gasteiger partial charge is 0.311 e. The number of methoxy groups -OCH3 is 1. The summed E-state index contributed by atoms with van der Waals surface area (Å²) in [7, 11) is -2.71. The van der Waals surface area contributed by atoms with Gasteiger partial charge in [-0.2, -0.15) is 0 Å². The van der Waals surface area contributed by atoms with Gasteiger partial charge < -0.3 is 10.1 Å². The van der Waals surface area contributed by atoms with Gasteiger partial charge in [0.15, 0.2) is 0 Å². The van der Waals surface area contributed by atoms with Crippen LogP contribution < -0.4 is 10.0 Å². The van der Waals surface area contributed by atoms with Gasteiger partial charge in [-0.15, -0.1) is 0 Å². The Hall–Kier alpha value is -2.94. The zero-order valence-corrected chi connectivity index (χ0v) is 19.6. The van der Waals surface area contributed by atoms with Crippen LogP contribution in [-0.2, 0) is 19.6 Å². The highest BCUT2D eigenvalue weighted by Gasteiger charge is 2.59. The Morgan fingerprint density at radius 2 is 1.74 bits per heavy atom. The van der Waals surface area contributed by atoms with E-state index in [-0.39, 0.29) is 35.4 Å². The maximum atomic E-state index is 14.0. The van der Waals surface area contributed by atoms with Crippen LogP contribution in [0.2, 0.25) is 0 Å². The fourth-order valence-electron chi connectivity index (χ4n) is 6.56. The number of hydrogen-bond acceptors (Lipinski definition) is 5. The minimum atomic E-state index is -4.15. The fraction of sp³-hybridized carbons (Fsp3) is 0.440. The molecule has 2 atom stereocenters. The summed E-state index contributed by atoms with van der Waals surface area (Å²) in [4.78, 5) is 25.2. The summed E-state index contributed by atoms with van der Waals surface area (Å²) in [6.07, 6.45) is 4.29. The molecule has 0 heterocycles. The molecule has 4 aliphatic carbocycles. The monoisotopic (exact) mass is 486 g/mol. The van der Waals surface area contributed by atoms with Crippen LogP contribution in [0.4, 0.5) is 10.1 Å². The normalized spacial score (nSPS) is 29.5. The second-order valence-corrected chi connectivity index (χ2v) is 11.5. The first-order chi connectivity index (χ1) is 16.2. The van der Waals surface area contributed by atoms with Crippen molar-refractivity contribution >= 4 is 27.6 Å². The maximum Gasteiger partial charge on any atom is 0.311 e. The predicted molar refractivity (Wildman–Crippen MR) is 123 cm³/mol. The quantitative estimate of drug-likeness (QED) is 0.606. The Balaban J connectivity index is 1.31. The van der Waals surface area contributed by atoms with Crippen molar-refractivity contribution in [2.45, 2.75) is 43.0 Å². The van der Waals surface area contributed by atoms with Crippen LogP contribution in [0.25, 0.3) is 0 Å². The van der Waals surface area contributed by atoms with E-state index in [1.54, 1.807) is 12.1 Å². The van der Waals surface area contributed by atoms with E-state index in [0.29, 0.717) is 11.5 Å². The Kier molecular flexibility index (Phi) is 5.62. The number of esters is 1.